The topological polar surface area (TPSA) is 114 Å². The summed E-state index contributed by atoms with van der Waals surface area (Å²) < 4.78 is 2.05. The molecule has 2 N–H and O–H groups in total. The average Bonchev–Trinajstić information content (AvgIpc) is 3.45. The summed E-state index contributed by atoms with van der Waals surface area (Å²) in [5, 5.41) is 6.74. The van der Waals surface area contributed by atoms with E-state index in [-0.39, 0.29) is 12.1 Å². The normalized spacial score (nSPS) is 19.2. The summed E-state index contributed by atoms with van der Waals surface area (Å²) in [7, 11) is 0. The summed E-state index contributed by atoms with van der Waals surface area (Å²) in [6.07, 6.45) is 11.9. The summed E-state index contributed by atoms with van der Waals surface area (Å²) >= 11 is 0. The van der Waals surface area contributed by atoms with Crippen molar-refractivity contribution >= 4 is 23.0 Å². The molecular weight excluding hydrogens is 418 g/mol. The fourth-order valence-corrected chi connectivity index (χ4v) is 4.84. The third kappa shape index (κ3) is 4.46. The third-order valence-corrected chi connectivity index (χ3v) is 6.64. The monoisotopic (exact) mass is 449 g/mol. The van der Waals surface area contributed by atoms with Gasteiger partial charge < -0.3 is 20.1 Å². The number of likely N-dealkylation sites (tertiary alicyclic amines) is 1. The number of carbonyl (C=O) groups is 1. The lowest BCUT2D eigenvalue weighted by Crippen LogP contribution is -2.45. The number of aromatic nitrogens is 6. The van der Waals surface area contributed by atoms with Crippen molar-refractivity contribution in [2.75, 3.05) is 18.4 Å². The van der Waals surface area contributed by atoms with Crippen LogP contribution < -0.4 is 10.6 Å². The number of hydrogen-bond donors (Lipinski definition) is 2. The first-order chi connectivity index (χ1) is 16.1. The summed E-state index contributed by atoms with van der Waals surface area (Å²) in [6, 6.07) is 0.496. The highest BCUT2D eigenvalue weighted by molar-refractivity contribution is 5.86. The minimum atomic E-state index is 0.0518. The number of nitrogens with zero attached hydrogens (tertiary/aromatic N) is 7. The summed E-state index contributed by atoms with van der Waals surface area (Å²) in [4.78, 5) is 37.1. The Kier molecular flexibility index (Phi) is 6.06. The first-order valence-electron chi connectivity index (χ1n) is 11.9. The second-order valence-electron chi connectivity index (χ2n) is 8.95. The molecule has 0 radical (unpaired) electrons. The van der Waals surface area contributed by atoms with Gasteiger partial charge in [-0.2, -0.15) is 0 Å². The lowest BCUT2D eigenvalue weighted by Gasteiger charge is -2.26. The molecule has 5 rings (SSSR count). The smallest absolute Gasteiger partial charge is 0.317 e. The number of anilines is 1. The van der Waals surface area contributed by atoms with E-state index in [9.17, 15) is 4.79 Å². The Morgan fingerprint density at radius 1 is 1.06 bits per heavy atom. The van der Waals surface area contributed by atoms with Gasteiger partial charge >= 0.3 is 6.03 Å². The molecule has 1 unspecified atom stereocenters. The second-order valence-corrected chi connectivity index (χ2v) is 8.95. The molecule has 1 atom stereocenters. The van der Waals surface area contributed by atoms with Crippen LogP contribution in [0.3, 0.4) is 0 Å². The van der Waals surface area contributed by atoms with Gasteiger partial charge in [-0.05, 0) is 33.1 Å². The number of hydrogen-bond acceptors (Lipinski definition) is 7. The number of fused-ring (bicyclic) bond motifs is 1. The van der Waals surface area contributed by atoms with Crippen molar-refractivity contribution in [3.05, 3.63) is 24.5 Å². The van der Waals surface area contributed by atoms with Gasteiger partial charge in [-0.15, -0.1) is 0 Å². The number of aryl methyl sites for hydroxylation is 2. The van der Waals surface area contributed by atoms with Crippen LogP contribution in [-0.4, -0.2) is 65.6 Å². The van der Waals surface area contributed by atoms with Crippen molar-refractivity contribution in [1.82, 2.24) is 39.7 Å². The zero-order valence-electron chi connectivity index (χ0n) is 19.3. The fraction of sp³-hybridized carbons (Fsp3) is 0.565. The standard InChI is InChI=1S/C23H31N9O/c1-3-32-21(16-11-24-15(2)25-12-16)30-19-20(26-14-27-22(19)32)28-18-9-10-31(13-18)23(33)29-17-7-5-4-6-8-17/h11-12,14,17-18H,3-10,13H2,1-2H3,(H,29,33)(H,26,27,28). The maximum Gasteiger partial charge on any atom is 0.317 e. The molecule has 1 aliphatic carbocycles. The number of carbonyl (C=O) groups excluding carboxylic acids is 1. The van der Waals surface area contributed by atoms with Crippen molar-refractivity contribution < 1.29 is 4.79 Å². The molecule has 3 aromatic heterocycles. The molecular formula is C23H31N9O. The van der Waals surface area contributed by atoms with Gasteiger partial charge in [0.25, 0.3) is 0 Å². The van der Waals surface area contributed by atoms with Gasteiger partial charge in [0.1, 0.15) is 18.0 Å². The maximum absolute atomic E-state index is 12.7. The van der Waals surface area contributed by atoms with Crippen molar-refractivity contribution in [2.45, 2.75) is 71.0 Å². The predicted molar refractivity (Wildman–Crippen MR) is 126 cm³/mol. The van der Waals surface area contributed by atoms with Crippen LogP contribution in [0.4, 0.5) is 10.6 Å². The lowest BCUT2D eigenvalue weighted by atomic mass is 9.96. The van der Waals surface area contributed by atoms with Gasteiger partial charge in [0.05, 0.1) is 5.56 Å². The quantitative estimate of drug-likeness (QED) is 0.615. The molecule has 3 aromatic rings. The fourth-order valence-electron chi connectivity index (χ4n) is 4.84. The highest BCUT2D eigenvalue weighted by Crippen LogP contribution is 2.27. The van der Waals surface area contributed by atoms with E-state index in [0.717, 1.165) is 54.2 Å². The van der Waals surface area contributed by atoms with Crippen molar-refractivity contribution in [3.8, 4) is 11.4 Å². The zero-order valence-corrected chi connectivity index (χ0v) is 19.3. The molecule has 0 spiro atoms. The van der Waals surface area contributed by atoms with Gasteiger partial charge in [-0.3, -0.25) is 0 Å². The molecule has 2 aliphatic rings. The number of rotatable bonds is 5. The number of amides is 2. The van der Waals surface area contributed by atoms with E-state index in [0.29, 0.717) is 24.9 Å². The Bertz CT molecular complexity index is 1120. The molecule has 10 heteroatoms. The molecule has 10 nitrogen and oxygen atoms in total. The molecule has 33 heavy (non-hydrogen) atoms. The van der Waals surface area contributed by atoms with Crippen LogP contribution >= 0.6 is 0 Å². The molecule has 1 saturated carbocycles. The molecule has 0 bridgehead atoms. The molecule has 1 aliphatic heterocycles. The van der Waals surface area contributed by atoms with E-state index in [1.165, 1.54) is 19.3 Å². The van der Waals surface area contributed by atoms with Crippen LogP contribution in [-0.2, 0) is 6.54 Å². The van der Waals surface area contributed by atoms with E-state index in [1.807, 2.05) is 11.8 Å². The number of urea groups is 1. The van der Waals surface area contributed by atoms with Gasteiger partial charge in [0.2, 0.25) is 0 Å². The van der Waals surface area contributed by atoms with E-state index in [1.54, 1.807) is 18.7 Å². The minimum absolute atomic E-state index is 0.0518. The van der Waals surface area contributed by atoms with Crippen LogP contribution in [0.25, 0.3) is 22.6 Å². The largest absolute Gasteiger partial charge is 0.364 e. The van der Waals surface area contributed by atoms with Crippen LogP contribution in [0.15, 0.2) is 18.7 Å². The first kappa shape index (κ1) is 21.5. The van der Waals surface area contributed by atoms with E-state index < -0.39 is 0 Å². The maximum atomic E-state index is 12.7. The molecule has 174 valence electrons. The van der Waals surface area contributed by atoms with Crippen LogP contribution in [0.2, 0.25) is 0 Å². The Balaban J connectivity index is 1.32. The Morgan fingerprint density at radius 3 is 2.61 bits per heavy atom. The Hall–Kier alpha value is -3.30. The number of nitrogens with one attached hydrogen (secondary N) is 2. The predicted octanol–water partition coefficient (Wildman–Crippen LogP) is 3.14. The van der Waals surface area contributed by atoms with Gasteiger partial charge in [0.15, 0.2) is 17.0 Å². The molecule has 2 fully saturated rings. The highest BCUT2D eigenvalue weighted by atomic mass is 16.2. The van der Waals surface area contributed by atoms with Crippen molar-refractivity contribution in [3.63, 3.8) is 0 Å². The van der Waals surface area contributed by atoms with Gasteiger partial charge in [-0.25, -0.2) is 29.7 Å². The van der Waals surface area contributed by atoms with Crippen LogP contribution in [0.5, 0.6) is 0 Å². The van der Waals surface area contributed by atoms with Crippen molar-refractivity contribution in [2.24, 2.45) is 0 Å². The van der Waals surface area contributed by atoms with Gasteiger partial charge in [0, 0.05) is 44.1 Å². The summed E-state index contributed by atoms with van der Waals surface area (Å²) in [6.45, 7) is 6.03. The molecule has 2 amide bonds. The average molecular weight is 450 g/mol. The number of imidazole rings is 1. The summed E-state index contributed by atoms with van der Waals surface area (Å²) in [5.41, 5.74) is 2.34. The molecule has 1 saturated heterocycles. The first-order valence-corrected chi connectivity index (χ1v) is 11.9. The van der Waals surface area contributed by atoms with Crippen LogP contribution in [0, 0.1) is 6.92 Å². The van der Waals surface area contributed by atoms with Crippen LogP contribution in [0.1, 0.15) is 51.3 Å². The molecule has 0 aromatic carbocycles. The zero-order chi connectivity index (χ0) is 22.8. The van der Waals surface area contributed by atoms with Gasteiger partial charge in [-0.1, -0.05) is 19.3 Å². The Labute approximate surface area is 193 Å². The lowest BCUT2D eigenvalue weighted by molar-refractivity contribution is 0.200. The third-order valence-electron chi connectivity index (χ3n) is 6.64. The van der Waals surface area contributed by atoms with Crippen molar-refractivity contribution in [1.29, 1.82) is 0 Å². The Morgan fingerprint density at radius 2 is 1.85 bits per heavy atom. The van der Waals surface area contributed by atoms with E-state index >= 15 is 0 Å². The second kappa shape index (κ2) is 9.29. The SMILES string of the molecule is CCn1c(-c2cnc(C)nc2)nc2c(NC3CCN(C(=O)NC4CCCCC4)C3)ncnc21. The van der Waals surface area contributed by atoms with E-state index in [2.05, 4.69) is 42.1 Å². The van der Waals surface area contributed by atoms with E-state index in [4.69, 9.17) is 4.98 Å². The minimum Gasteiger partial charge on any atom is -0.364 e. The highest BCUT2D eigenvalue weighted by Gasteiger charge is 2.29. The molecule has 4 heterocycles. The summed E-state index contributed by atoms with van der Waals surface area (Å²) in [5.74, 6) is 2.19.